The monoisotopic (exact) mass is 485 g/mol. The quantitative estimate of drug-likeness (QED) is 0.264. The second-order valence-electron chi connectivity index (χ2n) is 7.22. The summed E-state index contributed by atoms with van der Waals surface area (Å²) in [5.41, 5.74) is 11.6. The molecular weight excluding hydrogens is 463 g/mol. The van der Waals surface area contributed by atoms with Gasteiger partial charge in [0, 0.05) is 24.1 Å². The average molecular weight is 485 g/mol. The molecule has 2 aromatic carbocycles. The van der Waals surface area contributed by atoms with Gasteiger partial charge in [0.1, 0.15) is 17.8 Å². The molecule has 0 heterocycles. The Kier molecular flexibility index (Phi) is 7.82. The van der Waals surface area contributed by atoms with E-state index in [0.717, 1.165) is 6.26 Å². The molecule has 0 radical (unpaired) electrons. The van der Waals surface area contributed by atoms with Crippen LogP contribution in [0, 0.1) is 5.41 Å². The number of anilines is 1. The number of benzene rings is 2. The Bertz CT molecular complexity index is 1170. The predicted molar refractivity (Wildman–Crippen MR) is 116 cm³/mol. The minimum absolute atomic E-state index is 0.0181. The molecule has 0 saturated carbocycles. The van der Waals surface area contributed by atoms with Crippen LogP contribution in [0.4, 0.5) is 18.9 Å². The van der Waals surface area contributed by atoms with E-state index < -0.39 is 46.3 Å². The zero-order chi connectivity index (χ0) is 25.0. The molecule has 0 spiro atoms. The minimum Gasteiger partial charge on any atom is -0.384 e. The van der Waals surface area contributed by atoms with Crippen LogP contribution in [0.25, 0.3) is 0 Å². The Morgan fingerprint density at radius 3 is 2.36 bits per heavy atom. The molecule has 1 unspecified atom stereocenters. The molecule has 0 fully saturated rings. The van der Waals surface area contributed by atoms with Crippen molar-refractivity contribution in [2.24, 2.45) is 11.5 Å². The molecule has 1 atom stereocenters. The maximum Gasteiger partial charge on any atom is 0.406 e. The number of carbonyl (C=O) groups excluding carboxylic acids is 2. The van der Waals surface area contributed by atoms with Gasteiger partial charge < -0.3 is 21.7 Å². The number of rotatable bonds is 7. The van der Waals surface area contributed by atoms with Crippen molar-refractivity contribution in [2.75, 3.05) is 18.1 Å². The van der Waals surface area contributed by atoms with Gasteiger partial charge in [-0.1, -0.05) is 30.3 Å². The number of halogens is 3. The lowest BCUT2D eigenvalue weighted by Crippen LogP contribution is -2.44. The van der Waals surface area contributed by atoms with Crippen molar-refractivity contribution in [3.8, 4) is 0 Å². The number of alkyl halides is 3. The first-order valence-corrected chi connectivity index (χ1v) is 11.3. The molecule has 178 valence electrons. The molecule has 13 heteroatoms. The highest BCUT2D eigenvalue weighted by molar-refractivity contribution is 7.90. The average Bonchev–Trinajstić information content (AvgIpc) is 2.70. The number of hydrogen-bond donors (Lipinski definition) is 4. The zero-order valence-electron chi connectivity index (χ0n) is 17.4. The van der Waals surface area contributed by atoms with E-state index in [4.69, 9.17) is 16.9 Å². The van der Waals surface area contributed by atoms with Gasteiger partial charge in [-0.2, -0.15) is 13.2 Å². The number of nitrogens with two attached hydrogens (primary N) is 2. The van der Waals surface area contributed by atoms with Crippen LogP contribution in [0.1, 0.15) is 22.1 Å². The second kappa shape index (κ2) is 10.0. The summed E-state index contributed by atoms with van der Waals surface area (Å²) in [6.07, 6.45) is -3.86. The summed E-state index contributed by atoms with van der Waals surface area (Å²) in [4.78, 5) is 25.3. The van der Waals surface area contributed by atoms with Crippen molar-refractivity contribution in [1.29, 1.82) is 5.41 Å². The van der Waals surface area contributed by atoms with Crippen molar-refractivity contribution in [3.05, 3.63) is 65.2 Å². The summed E-state index contributed by atoms with van der Waals surface area (Å²) >= 11 is 0. The summed E-state index contributed by atoms with van der Waals surface area (Å²) < 4.78 is 62.5. The molecule has 2 amide bonds. The van der Waals surface area contributed by atoms with E-state index in [1.807, 2.05) is 0 Å². The first kappa shape index (κ1) is 25.8. The SMILES string of the molecule is CS(=O)(=O)C(N)c1cccc(NC(=O)C(=O)N(Cc2cccc(C(=N)N)c2)CC(F)(F)F)c1. The molecule has 6 N–H and O–H groups in total. The Hall–Kier alpha value is -3.45. The standard InChI is InChI=1S/C20H22F3N5O4S/c1-33(31,32)17(26)14-6-3-7-15(9-14)27-18(29)19(30)28(11-20(21,22)23)10-12-4-2-5-13(8-12)16(24)25/h2-9,17H,10-11,26H2,1H3,(H3,24,25)(H,27,29). The number of carbonyl (C=O) groups is 2. The minimum atomic E-state index is -4.78. The van der Waals surface area contributed by atoms with Gasteiger partial charge in [-0.25, -0.2) is 8.42 Å². The number of hydrogen-bond acceptors (Lipinski definition) is 6. The smallest absolute Gasteiger partial charge is 0.384 e. The lowest BCUT2D eigenvalue weighted by Gasteiger charge is -2.24. The number of nitrogen functional groups attached to an aromatic ring is 1. The molecule has 2 aromatic rings. The molecular formula is C20H22F3N5O4S. The second-order valence-corrected chi connectivity index (χ2v) is 9.39. The highest BCUT2D eigenvalue weighted by Gasteiger charge is 2.35. The zero-order valence-corrected chi connectivity index (χ0v) is 18.2. The number of amidine groups is 1. The fourth-order valence-corrected chi connectivity index (χ4v) is 3.48. The fraction of sp³-hybridized carbons (Fsp3) is 0.250. The lowest BCUT2D eigenvalue weighted by molar-refractivity contribution is -0.164. The van der Waals surface area contributed by atoms with E-state index >= 15 is 0 Å². The van der Waals surface area contributed by atoms with Gasteiger partial charge in [0.2, 0.25) is 0 Å². The van der Waals surface area contributed by atoms with Crippen molar-refractivity contribution in [3.63, 3.8) is 0 Å². The summed E-state index contributed by atoms with van der Waals surface area (Å²) in [7, 11) is -3.65. The van der Waals surface area contributed by atoms with Gasteiger partial charge in [-0.15, -0.1) is 0 Å². The molecule has 0 aliphatic heterocycles. The largest absolute Gasteiger partial charge is 0.406 e. The molecule has 0 aliphatic rings. The van der Waals surface area contributed by atoms with Crippen LogP contribution >= 0.6 is 0 Å². The van der Waals surface area contributed by atoms with Crippen LogP contribution in [0.2, 0.25) is 0 Å². The van der Waals surface area contributed by atoms with E-state index in [1.54, 1.807) is 0 Å². The van der Waals surface area contributed by atoms with Crippen LogP contribution in [0.3, 0.4) is 0 Å². The van der Waals surface area contributed by atoms with Gasteiger partial charge in [0.15, 0.2) is 9.84 Å². The number of sulfone groups is 1. The van der Waals surface area contributed by atoms with Crippen LogP contribution in [0.15, 0.2) is 48.5 Å². The first-order valence-electron chi connectivity index (χ1n) is 9.32. The van der Waals surface area contributed by atoms with Gasteiger partial charge in [-0.3, -0.25) is 15.0 Å². The Labute approximate surface area is 188 Å². The van der Waals surface area contributed by atoms with Crippen molar-refractivity contribution >= 4 is 33.2 Å². The molecule has 0 aromatic heterocycles. The van der Waals surface area contributed by atoms with E-state index in [1.165, 1.54) is 48.5 Å². The third-order valence-corrected chi connectivity index (χ3v) is 5.59. The van der Waals surface area contributed by atoms with Gasteiger partial charge in [-0.05, 0) is 29.3 Å². The lowest BCUT2D eigenvalue weighted by atomic mass is 10.1. The first-order chi connectivity index (χ1) is 15.2. The maximum absolute atomic E-state index is 13.1. The molecule has 0 aliphatic carbocycles. The summed E-state index contributed by atoms with van der Waals surface area (Å²) in [6.45, 7) is -2.26. The number of nitrogens with one attached hydrogen (secondary N) is 2. The van der Waals surface area contributed by atoms with Crippen LogP contribution < -0.4 is 16.8 Å². The van der Waals surface area contributed by atoms with Crippen LogP contribution in [-0.2, 0) is 26.0 Å². The Balaban J connectivity index is 2.25. The van der Waals surface area contributed by atoms with E-state index in [9.17, 15) is 31.2 Å². The normalized spacial score (nSPS) is 12.6. The molecule has 33 heavy (non-hydrogen) atoms. The Morgan fingerprint density at radius 2 is 1.79 bits per heavy atom. The Morgan fingerprint density at radius 1 is 1.15 bits per heavy atom. The fourth-order valence-electron chi connectivity index (χ4n) is 2.84. The topological polar surface area (TPSA) is 159 Å². The number of nitrogens with zero attached hydrogens (tertiary/aromatic N) is 1. The highest BCUT2D eigenvalue weighted by atomic mass is 32.2. The van der Waals surface area contributed by atoms with Crippen molar-refractivity contribution < 1.29 is 31.2 Å². The summed E-state index contributed by atoms with van der Waals surface area (Å²) in [5, 5.41) is 8.21. The van der Waals surface area contributed by atoms with Crippen molar-refractivity contribution in [1.82, 2.24) is 4.90 Å². The van der Waals surface area contributed by atoms with Crippen LogP contribution in [-0.4, -0.2) is 49.9 Å². The predicted octanol–water partition coefficient (Wildman–Crippen LogP) is 1.50. The summed E-state index contributed by atoms with van der Waals surface area (Å²) in [5.74, 6) is -3.12. The third kappa shape index (κ3) is 7.57. The molecule has 9 nitrogen and oxygen atoms in total. The summed E-state index contributed by atoms with van der Waals surface area (Å²) in [6, 6.07) is 11.0. The van der Waals surface area contributed by atoms with Crippen molar-refractivity contribution in [2.45, 2.75) is 18.1 Å². The van der Waals surface area contributed by atoms with E-state index in [2.05, 4.69) is 5.32 Å². The molecule has 2 rings (SSSR count). The van der Waals surface area contributed by atoms with Gasteiger partial charge in [0.25, 0.3) is 0 Å². The molecule has 0 bridgehead atoms. The maximum atomic E-state index is 13.1. The molecule has 0 saturated heterocycles. The number of amides is 2. The third-order valence-electron chi connectivity index (χ3n) is 4.40. The van der Waals surface area contributed by atoms with E-state index in [0.29, 0.717) is 4.90 Å². The van der Waals surface area contributed by atoms with Gasteiger partial charge >= 0.3 is 18.0 Å². The van der Waals surface area contributed by atoms with Crippen LogP contribution in [0.5, 0.6) is 0 Å². The highest BCUT2D eigenvalue weighted by Crippen LogP contribution is 2.21. The van der Waals surface area contributed by atoms with E-state index in [-0.39, 0.29) is 28.2 Å². The van der Waals surface area contributed by atoms with Gasteiger partial charge in [0.05, 0.1) is 0 Å².